The Labute approximate surface area is 93.6 Å². The molecule has 0 fully saturated rings. The smallest absolute Gasteiger partial charge is 0.249 e. The van der Waals surface area contributed by atoms with Crippen molar-refractivity contribution in [1.82, 2.24) is 0 Å². The molecule has 0 radical (unpaired) electrons. The third-order valence-corrected chi connectivity index (χ3v) is 3.17. The van der Waals surface area contributed by atoms with Gasteiger partial charge in [0.2, 0.25) is 5.70 Å². The lowest BCUT2D eigenvalue weighted by Gasteiger charge is -2.01. The Bertz CT molecular complexity index is 405. The predicted molar refractivity (Wildman–Crippen MR) is 63.6 cm³/mol. The number of allylic oxidation sites excluding steroid dienone is 1. The summed E-state index contributed by atoms with van der Waals surface area (Å²) < 4.78 is 0. The maximum atomic E-state index is 10.8. The molecule has 82 valence electrons. The Balaban J connectivity index is 3.13. The Morgan fingerprint density at radius 3 is 2.47 bits per heavy atom. The quantitative estimate of drug-likeness (QED) is 0.582. The molecule has 0 atom stereocenters. The van der Waals surface area contributed by atoms with E-state index in [0.29, 0.717) is 0 Å². The Morgan fingerprint density at radius 1 is 1.53 bits per heavy atom. The van der Waals surface area contributed by atoms with Crippen molar-refractivity contribution in [3.05, 3.63) is 37.2 Å². The fourth-order valence-electron chi connectivity index (χ4n) is 1.38. The van der Waals surface area contributed by atoms with Crippen molar-refractivity contribution >= 4 is 17.4 Å². The highest BCUT2D eigenvalue weighted by molar-refractivity contribution is 7.12. The molecule has 0 aromatic carbocycles. The van der Waals surface area contributed by atoms with Crippen molar-refractivity contribution in [3.63, 3.8) is 0 Å². The monoisotopic (exact) mass is 225 g/mol. The van der Waals surface area contributed by atoms with Gasteiger partial charge in [-0.1, -0.05) is 13.8 Å². The summed E-state index contributed by atoms with van der Waals surface area (Å²) in [7, 11) is 0. The summed E-state index contributed by atoms with van der Waals surface area (Å²) in [6.07, 6.45) is 1.68. The van der Waals surface area contributed by atoms with Crippen LogP contribution in [-0.4, -0.2) is 4.92 Å². The topological polar surface area (TPSA) is 43.1 Å². The number of thiophene rings is 1. The normalized spacial score (nSPS) is 12.2. The molecule has 0 saturated carbocycles. The van der Waals surface area contributed by atoms with E-state index in [0.717, 1.165) is 10.4 Å². The molecular formula is C11H15NO2S. The van der Waals surface area contributed by atoms with Gasteiger partial charge in [0.1, 0.15) is 0 Å². The van der Waals surface area contributed by atoms with Gasteiger partial charge in [-0.15, -0.1) is 11.3 Å². The van der Waals surface area contributed by atoms with Gasteiger partial charge in [-0.3, -0.25) is 10.1 Å². The second-order valence-electron chi connectivity index (χ2n) is 3.85. The lowest BCUT2D eigenvalue weighted by molar-refractivity contribution is -0.431. The zero-order valence-electron chi connectivity index (χ0n) is 9.40. The Morgan fingerprint density at radius 2 is 2.13 bits per heavy atom. The maximum absolute atomic E-state index is 10.8. The van der Waals surface area contributed by atoms with Gasteiger partial charge in [-0.25, -0.2) is 0 Å². The molecule has 1 aromatic rings. The van der Waals surface area contributed by atoms with Gasteiger partial charge in [-0.05, 0) is 25.5 Å². The first-order chi connectivity index (χ1) is 6.91. The van der Waals surface area contributed by atoms with Crippen LogP contribution in [0.25, 0.3) is 6.08 Å². The van der Waals surface area contributed by atoms with Crippen LogP contribution in [0.4, 0.5) is 0 Å². The van der Waals surface area contributed by atoms with Gasteiger partial charge in [0, 0.05) is 21.7 Å². The van der Waals surface area contributed by atoms with Crippen molar-refractivity contribution in [2.24, 2.45) is 5.92 Å². The van der Waals surface area contributed by atoms with Crippen molar-refractivity contribution in [2.45, 2.75) is 27.7 Å². The van der Waals surface area contributed by atoms with Crippen LogP contribution in [0.1, 0.15) is 29.2 Å². The summed E-state index contributed by atoms with van der Waals surface area (Å²) in [6.45, 7) is 7.67. The average Bonchev–Trinajstić information content (AvgIpc) is 2.39. The summed E-state index contributed by atoms with van der Waals surface area (Å²) in [6, 6.07) is 1.99. The van der Waals surface area contributed by atoms with E-state index in [9.17, 15) is 10.1 Å². The van der Waals surface area contributed by atoms with E-state index in [2.05, 4.69) is 0 Å². The number of rotatable bonds is 3. The van der Waals surface area contributed by atoms with Crippen molar-refractivity contribution in [2.75, 3.05) is 0 Å². The maximum Gasteiger partial charge on any atom is 0.249 e. The number of nitrogens with zero attached hydrogens (tertiary/aromatic N) is 1. The molecule has 0 amide bonds. The van der Waals surface area contributed by atoms with Gasteiger partial charge in [0.15, 0.2) is 0 Å². The van der Waals surface area contributed by atoms with Gasteiger partial charge in [-0.2, -0.15) is 0 Å². The number of aryl methyl sites for hydroxylation is 2. The zero-order valence-corrected chi connectivity index (χ0v) is 10.2. The first kappa shape index (κ1) is 11.9. The van der Waals surface area contributed by atoms with Crippen LogP contribution in [0.3, 0.4) is 0 Å². The fourth-order valence-corrected chi connectivity index (χ4v) is 2.29. The number of hydrogen-bond acceptors (Lipinski definition) is 3. The minimum absolute atomic E-state index is 0.0559. The van der Waals surface area contributed by atoms with E-state index >= 15 is 0 Å². The van der Waals surface area contributed by atoms with Crippen molar-refractivity contribution < 1.29 is 4.92 Å². The molecule has 15 heavy (non-hydrogen) atoms. The molecule has 4 heteroatoms. The molecule has 3 nitrogen and oxygen atoms in total. The van der Waals surface area contributed by atoms with Crippen LogP contribution in [0.2, 0.25) is 0 Å². The average molecular weight is 225 g/mol. The molecule has 1 rings (SSSR count). The SMILES string of the molecule is Cc1cc(/C=C(/C(C)C)[N+](=O)[O-])c(C)s1. The van der Waals surface area contributed by atoms with E-state index in [1.807, 2.05) is 33.8 Å². The van der Waals surface area contributed by atoms with Crippen LogP contribution in [0.15, 0.2) is 11.8 Å². The Kier molecular flexibility index (Phi) is 3.63. The molecule has 1 heterocycles. The lowest BCUT2D eigenvalue weighted by atomic mass is 10.1. The fraction of sp³-hybridized carbons (Fsp3) is 0.455. The first-order valence-electron chi connectivity index (χ1n) is 4.85. The number of nitro groups is 1. The standard InChI is InChI=1S/C11H15NO2S/c1-7(2)11(12(13)14)6-10-5-8(3)15-9(10)4/h5-7H,1-4H3/b11-6-. The van der Waals surface area contributed by atoms with E-state index in [1.54, 1.807) is 17.4 Å². The zero-order chi connectivity index (χ0) is 11.6. The van der Waals surface area contributed by atoms with Gasteiger partial charge >= 0.3 is 0 Å². The summed E-state index contributed by atoms with van der Waals surface area (Å²) in [5, 5.41) is 10.8. The summed E-state index contributed by atoms with van der Waals surface area (Å²) in [5.41, 5.74) is 1.24. The second kappa shape index (κ2) is 4.57. The molecule has 0 aliphatic carbocycles. The molecule has 1 aromatic heterocycles. The summed E-state index contributed by atoms with van der Waals surface area (Å²) in [5.74, 6) is -0.0559. The summed E-state index contributed by atoms with van der Waals surface area (Å²) >= 11 is 1.67. The van der Waals surface area contributed by atoms with Crippen molar-refractivity contribution in [3.8, 4) is 0 Å². The molecule has 0 N–H and O–H groups in total. The van der Waals surface area contributed by atoms with Crippen LogP contribution >= 0.6 is 11.3 Å². The highest BCUT2D eigenvalue weighted by Gasteiger charge is 2.16. The third-order valence-electron chi connectivity index (χ3n) is 2.19. The first-order valence-corrected chi connectivity index (χ1v) is 5.66. The van der Waals surface area contributed by atoms with E-state index < -0.39 is 0 Å². The highest BCUT2D eigenvalue weighted by atomic mass is 32.1. The minimum atomic E-state index is -0.295. The molecule has 0 saturated heterocycles. The molecular weight excluding hydrogens is 210 g/mol. The Hall–Kier alpha value is -1.16. The van der Waals surface area contributed by atoms with Crippen LogP contribution in [0.5, 0.6) is 0 Å². The van der Waals surface area contributed by atoms with Crippen LogP contribution in [0, 0.1) is 29.9 Å². The molecule has 0 bridgehead atoms. The van der Waals surface area contributed by atoms with E-state index in [1.165, 1.54) is 4.88 Å². The van der Waals surface area contributed by atoms with Gasteiger partial charge in [0.05, 0.1) is 4.92 Å². The number of hydrogen-bond donors (Lipinski definition) is 0. The highest BCUT2D eigenvalue weighted by Crippen LogP contribution is 2.24. The van der Waals surface area contributed by atoms with Gasteiger partial charge in [0.25, 0.3) is 0 Å². The predicted octanol–water partition coefficient (Wildman–Crippen LogP) is 3.64. The minimum Gasteiger partial charge on any atom is -0.259 e. The summed E-state index contributed by atoms with van der Waals surface area (Å²) in [4.78, 5) is 12.8. The van der Waals surface area contributed by atoms with Gasteiger partial charge < -0.3 is 0 Å². The van der Waals surface area contributed by atoms with Crippen molar-refractivity contribution in [1.29, 1.82) is 0 Å². The largest absolute Gasteiger partial charge is 0.259 e. The van der Waals surface area contributed by atoms with Crippen LogP contribution < -0.4 is 0 Å². The molecule has 0 unspecified atom stereocenters. The lowest BCUT2D eigenvalue weighted by Crippen LogP contribution is -2.05. The van der Waals surface area contributed by atoms with E-state index in [4.69, 9.17) is 0 Å². The van der Waals surface area contributed by atoms with Crippen LogP contribution in [-0.2, 0) is 0 Å². The van der Waals surface area contributed by atoms with E-state index in [-0.39, 0.29) is 16.5 Å². The molecule has 0 spiro atoms. The molecule has 0 aliphatic heterocycles. The second-order valence-corrected chi connectivity index (χ2v) is 5.31. The molecule has 0 aliphatic rings. The third kappa shape index (κ3) is 2.89.